The van der Waals surface area contributed by atoms with Crippen LogP contribution in [0.4, 0.5) is 0 Å². The number of hydrogen-bond donors (Lipinski definition) is 0. The summed E-state index contributed by atoms with van der Waals surface area (Å²) in [5.74, 6) is -0.662. The lowest BCUT2D eigenvalue weighted by Gasteiger charge is -2.25. The minimum absolute atomic E-state index is 0.662. The van der Waals surface area contributed by atoms with E-state index in [4.69, 9.17) is 9.47 Å². The quantitative estimate of drug-likeness (QED) is 0.755. The molecule has 0 N–H and O–H groups in total. The van der Waals surface area contributed by atoms with Gasteiger partial charge in [-0.05, 0) is 5.56 Å². The van der Waals surface area contributed by atoms with Crippen molar-refractivity contribution in [2.45, 2.75) is 18.0 Å². The summed E-state index contributed by atoms with van der Waals surface area (Å²) in [6.45, 7) is 1.91. The zero-order chi connectivity index (χ0) is 10.0. The van der Waals surface area contributed by atoms with E-state index >= 15 is 0 Å². The Labute approximate surface area is 91.7 Å². The summed E-state index contributed by atoms with van der Waals surface area (Å²) in [7, 11) is 0. The maximum absolute atomic E-state index is 5.45. The maximum Gasteiger partial charge on any atom is 0.274 e. The fourth-order valence-corrected chi connectivity index (χ4v) is 2.04. The van der Waals surface area contributed by atoms with Gasteiger partial charge in [-0.3, -0.25) is 0 Å². The van der Waals surface area contributed by atoms with Crippen molar-refractivity contribution >= 4 is 15.9 Å². The number of ether oxygens (including phenoxy) is 2. The Morgan fingerprint density at radius 3 is 2.50 bits per heavy atom. The van der Waals surface area contributed by atoms with E-state index in [0.29, 0.717) is 0 Å². The summed E-state index contributed by atoms with van der Waals surface area (Å²) < 4.78 is 10.9. The average molecular weight is 255 g/mol. The molecule has 3 heteroatoms. The van der Waals surface area contributed by atoms with Crippen LogP contribution in [0.2, 0.25) is 0 Å². The molecule has 0 radical (unpaired) electrons. The molecular weight excluding hydrogens is 244 g/mol. The molecule has 1 aliphatic rings. The fourth-order valence-electron chi connectivity index (χ4n) is 1.55. The highest BCUT2D eigenvalue weighted by molar-refractivity contribution is 9.08. The molecule has 0 unspecified atom stereocenters. The minimum Gasteiger partial charge on any atom is -0.453 e. The topological polar surface area (TPSA) is 18.5 Å². The molecule has 0 atom stereocenters. The van der Waals surface area contributed by atoms with E-state index in [2.05, 4.69) is 22.0 Å². The third-order valence-corrected chi connectivity index (χ3v) is 2.90. The van der Waals surface area contributed by atoms with Gasteiger partial charge in [0.25, 0.3) is 5.79 Å². The van der Waals surface area contributed by atoms with Crippen LogP contribution >= 0.6 is 15.9 Å². The summed E-state index contributed by atoms with van der Waals surface area (Å²) in [6.07, 6.45) is 3.15. The van der Waals surface area contributed by atoms with E-state index in [1.807, 2.05) is 25.1 Å². The highest BCUT2D eigenvalue weighted by Gasteiger charge is 2.33. The molecule has 0 aliphatic carbocycles. The van der Waals surface area contributed by atoms with Crippen LogP contribution in [0, 0.1) is 0 Å². The van der Waals surface area contributed by atoms with Gasteiger partial charge in [-0.25, -0.2) is 0 Å². The van der Waals surface area contributed by atoms with Crippen LogP contribution in [-0.4, -0.2) is 0 Å². The fraction of sp³-hybridized carbons (Fsp3) is 0.273. The Hall–Kier alpha value is -0.960. The van der Waals surface area contributed by atoms with Crippen molar-refractivity contribution < 1.29 is 9.47 Å². The second kappa shape index (κ2) is 3.65. The Morgan fingerprint density at radius 2 is 1.86 bits per heavy atom. The van der Waals surface area contributed by atoms with E-state index in [1.165, 1.54) is 5.56 Å². The molecule has 1 aromatic carbocycles. The van der Waals surface area contributed by atoms with Crippen molar-refractivity contribution in [2.24, 2.45) is 0 Å². The van der Waals surface area contributed by atoms with Gasteiger partial charge in [-0.15, -0.1) is 0 Å². The summed E-state index contributed by atoms with van der Waals surface area (Å²) in [6, 6.07) is 8.06. The van der Waals surface area contributed by atoms with Crippen LogP contribution in [-0.2, 0) is 20.6 Å². The summed E-state index contributed by atoms with van der Waals surface area (Å²) in [5, 5.41) is 0.797. The number of benzene rings is 1. The molecule has 0 aromatic heterocycles. The summed E-state index contributed by atoms with van der Waals surface area (Å²) in [4.78, 5) is 0. The molecule has 1 heterocycles. The molecule has 0 spiro atoms. The van der Waals surface area contributed by atoms with Gasteiger partial charge in [-0.2, -0.15) is 0 Å². The lowest BCUT2D eigenvalue weighted by atomic mass is 10.0. The molecule has 14 heavy (non-hydrogen) atoms. The van der Waals surface area contributed by atoms with Crippen LogP contribution in [0.3, 0.4) is 0 Å². The molecule has 1 aromatic rings. The average Bonchev–Trinajstić information content (AvgIpc) is 2.66. The maximum atomic E-state index is 5.45. The number of alkyl halides is 1. The highest BCUT2D eigenvalue weighted by Crippen LogP contribution is 2.34. The predicted molar refractivity (Wildman–Crippen MR) is 57.7 cm³/mol. The van der Waals surface area contributed by atoms with Crippen LogP contribution in [0.5, 0.6) is 0 Å². The molecular formula is C11H11BrO2. The van der Waals surface area contributed by atoms with Crippen molar-refractivity contribution in [2.75, 3.05) is 0 Å². The first-order valence-electron chi connectivity index (χ1n) is 4.41. The second-order valence-corrected chi connectivity index (χ2v) is 3.81. The largest absolute Gasteiger partial charge is 0.453 e. The first-order chi connectivity index (χ1) is 6.76. The van der Waals surface area contributed by atoms with Gasteiger partial charge in [0.2, 0.25) is 0 Å². The minimum atomic E-state index is -0.662. The van der Waals surface area contributed by atoms with Gasteiger partial charge in [0.1, 0.15) is 12.5 Å². The van der Waals surface area contributed by atoms with Gasteiger partial charge in [0, 0.05) is 17.8 Å². The van der Waals surface area contributed by atoms with Crippen molar-refractivity contribution in [3.8, 4) is 0 Å². The van der Waals surface area contributed by atoms with Gasteiger partial charge >= 0.3 is 0 Å². The van der Waals surface area contributed by atoms with E-state index in [9.17, 15) is 0 Å². The van der Waals surface area contributed by atoms with E-state index in [0.717, 1.165) is 10.9 Å². The molecule has 1 aliphatic heterocycles. The number of rotatable bonds is 2. The third kappa shape index (κ3) is 1.52. The number of halogens is 1. The SMILES string of the molecule is CC1(c2ccccc2CBr)OC=CO1. The Balaban J connectivity index is 2.40. The standard InChI is InChI=1S/C11H11BrO2/c1-11(13-6-7-14-11)10-5-3-2-4-9(10)8-12/h2-7H,8H2,1H3. The molecule has 74 valence electrons. The first kappa shape index (κ1) is 9.59. The summed E-state index contributed by atoms with van der Waals surface area (Å²) >= 11 is 3.45. The zero-order valence-electron chi connectivity index (χ0n) is 7.87. The van der Waals surface area contributed by atoms with Crippen LogP contribution in [0.15, 0.2) is 36.8 Å². The second-order valence-electron chi connectivity index (χ2n) is 3.24. The van der Waals surface area contributed by atoms with E-state index in [1.54, 1.807) is 12.5 Å². The van der Waals surface area contributed by atoms with Gasteiger partial charge in [0.15, 0.2) is 0 Å². The molecule has 0 bridgehead atoms. The zero-order valence-corrected chi connectivity index (χ0v) is 9.45. The Bertz CT molecular complexity index is 352. The van der Waals surface area contributed by atoms with Crippen LogP contribution in [0.25, 0.3) is 0 Å². The van der Waals surface area contributed by atoms with Gasteiger partial charge in [0.05, 0.1) is 0 Å². The molecule has 0 saturated heterocycles. The predicted octanol–water partition coefficient (Wildman–Crippen LogP) is 3.27. The van der Waals surface area contributed by atoms with Crippen molar-refractivity contribution in [3.63, 3.8) is 0 Å². The number of hydrogen-bond acceptors (Lipinski definition) is 2. The van der Waals surface area contributed by atoms with Gasteiger partial charge in [-0.1, -0.05) is 40.2 Å². The van der Waals surface area contributed by atoms with Crippen molar-refractivity contribution in [1.82, 2.24) is 0 Å². The van der Waals surface area contributed by atoms with E-state index in [-0.39, 0.29) is 0 Å². The Morgan fingerprint density at radius 1 is 1.21 bits per heavy atom. The highest BCUT2D eigenvalue weighted by atomic mass is 79.9. The molecule has 2 nitrogen and oxygen atoms in total. The van der Waals surface area contributed by atoms with Crippen molar-refractivity contribution in [1.29, 1.82) is 0 Å². The molecule has 0 saturated carbocycles. The molecule has 0 amide bonds. The van der Waals surface area contributed by atoms with Crippen LogP contribution in [0.1, 0.15) is 18.1 Å². The van der Waals surface area contributed by atoms with Gasteiger partial charge < -0.3 is 9.47 Å². The third-order valence-electron chi connectivity index (χ3n) is 2.29. The van der Waals surface area contributed by atoms with E-state index < -0.39 is 5.79 Å². The summed E-state index contributed by atoms with van der Waals surface area (Å²) in [5.41, 5.74) is 2.24. The molecule has 0 fully saturated rings. The first-order valence-corrected chi connectivity index (χ1v) is 5.53. The smallest absolute Gasteiger partial charge is 0.274 e. The molecule has 2 rings (SSSR count). The Kier molecular flexibility index (Phi) is 2.50. The van der Waals surface area contributed by atoms with Crippen molar-refractivity contribution in [3.05, 3.63) is 47.9 Å². The normalized spacial score (nSPS) is 17.6. The monoisotopic (exact) mass is 254 g/mol. The lowest BCUT2D eigenvalue weighted by molar-refractivity contribution is -0.133. The lowest BCUT2D eigenvalue weighted by Crippen LogP contribution is -2.23. The van der Waals surface area contributed by atoms with Crippen LogP contribution < -0.4 is 0 Å².